The number of hydrogen-bond donors (Lipinski definition) is 1. The third-order valence-electron chi connectivity index (χ3n) is 7.98. The van der Waals surface area contributed by atoms with Crippen molar-refractivity contribution in [3.63, 3.8) is 0 Å². The summed E-state index contributed by atoms with van der Waals surface area (Å²) in [6, 6.07) is 0. The SMILES string of the molecule is CCOP(=O)(CC[C@@H](O)[C@H]1[C@H]2CC[C@@H]3[C@H]2C(C)(C)CCC[C@]13C)OCC. The Morgan fingerprint density at radius 3 is 2.38 bits per heavy atom. The first-order valence-electron chi connectivity index (χ1n) is 10.7. The molecule has 0 unspecified atom stereocenters. The van der Waals surface area contributed by atoms with Gasteiger partial charge in [0.15, 0.2) is 0 Å². The maximum absolute atomic E-state index is 12.8. The summed E-state index contributed by atoms with van der Waals surface area (Å²) in [7, 11) is -3.07. The van der Waals surface area contributed by atoms with Crippen molar-refractivity contribution in [1.29, 1.82) is 0 Å². The second kappa shape index (κ2) is 7.50. The molecule has 0 radical (unpaired) electrons. The topological polar surface area (TPSA) is 55.8 Å². The zero-order valence-corrected chi connectivity index (χ0v) is 18.3. The molecule has 0 aromatic heterocycles. The number of rotatable bonds is 8. The highest BCUT2D eigenvalue weighted by atomic mass is 31.2. The molecule has 3 aliphatic rings. The summed E-state index contributed by atoms with van der Waals surface area (Å²) in [5, 5.41) is 11.2. The first-order valence-corrected chi connectivity index (χ1v) is 12.5. The van der Waals surface area contributed by atoms with Gasteiger partial charge in [-0.3, -0.25) is 4.57 Å². The Kier molecular flexibility index (Phi) is 6.01. The van der Waals surface area contributed by atoms with Crippen molar-refractivity contribution in [2.45, 2.75) is 79.2 Å². The molecule has 152 valence electrons. The van der Waals surface area contributed by atoms with Crippen molar-refractivity contribution >= 4 is 7.60 Å². The average Bonchev–Trinajstić information content (AvgIpc) is 3.05. The molecule has 4 bridgehead atoms. The van der Waals surface area contributed by atoms with Gasteiger partial charge in [0.25, 0.3) is 0 Å². The largest absolute Gasteiger partial charge is 0.393 e. The zero-order chi connectivity index (χ0) is 19.2. The molecule has 6 atom stereocenters. The van der Waals surface area contributed by atoms with Crippen LogP contribution in [0.15, 0.2) is 0 Å². The molecule has 0 heterocycles. The lowest BCUT2D eigenvalue weighted by Gasteiger charge is -2.44. The molecule has 3 fully saturated rings. The fraction of sp³-hybridized carbons (Fsp3) is 1.00. The van der Waals surface area contributed by atoms with E-state index in [0.717, 1.165) is 11.8 Å². The summed E-state index contributed by atoms with van der Waals surface area (Å²) in [4.78, 5) is 0. The molecule has 0 amide bonds. The molecule has 0 aliphatic heterocycles. The van der Waals surface area contributed by atoms with Gasteiger partial charge in [-0.15, -0.1) is 0 Å². The molecule has 0 aromatic carbocycles. The lowest BCUT2D eigenvalue weighted by molar-refractivity contribution is -0.0230. The maximum atomic E-state index is 12.8. The molecule has 3 rings (SSSR count). The molecular formula is C21H39O4P. The second-order valence-electron chi connectivity index (χ2n) is 9.77. The minimum absolute atomic E-state index is 0.238. The van der Waals surface area contributed by atoms with Gasteiger partial charge < -0.3 is 14.2 Å². The Hall–Kier alpha value is 0.110. The van der Waals surface area contributed by atoms with E-state index >= 15 is 0 Å². The molecule has 0 aromatic rings. The number of hydrogen-bond acceptors (Lipinski definition) is 4. The van der Waals surface area contributed by atoms with Crippen molar-refractivity contribution in [2.75, 3.05) is 19.4 Å². The second-order valence-corrected chi connectivity index (χ2v) is 12.0. The Morgan fingerprint density at radius 2 is 1.77 bits per heavy atom. The van der Waals surface area contributed by atoms with Crippen LogP contribution in [-0.2, 0) is 13.6 Å². The minimum Gasteiger partial charge on any atom is -0.393 e. The first-order chi connectivity index (χ1) is 12.2. The van der Waals surface area contributed by atoms with Crippen molar-refractivity contribution in [3.05, 3.63) is 0 Å². The highest BCUT2D eigenvalue weighted by Crippen LogP contribution is 2.71. The van der Waals surface area contributed by atoms with Gasteiger partial charge in [0.2, 0.25) is 0 Å². The van der Waals surface area contributed by atoms with Crippen LogP contribution in [0.3, 0.4) is 0 Å². The third kappa shape index (κ3) is 3.45. The Morgan fingerprint density at radius 1 is 1.12 bits per heavy atom. The van der Waals surface area contributed by atoms with Gasteiger partial charge in [-0.2, -0.15) is 0 Å². The molecule has 3 aliphatic carbocycles. The van der Waals surface area contributed by atoms with E-state index in [2.05, 4.69) is 20.8 Å². The van der Waals surface area contributed by atoms with Gasteiger partial charge in [-0.05, 0) is 80.5 Å². The summed E-state index contributed by atoms with van der Waals surface area (Å²) in [5.41, 5.74) is 0.617. The van der Waals surface area contributed by atoms with Gasteiger partial charge in [-0.25, -0.2) is 0 Å². The van der Waals surface area contributed by atoms with Crippen LogP contribution in [0.4, 0.5) is 0 Å². The van der Waals surface area contributed by atoms with Crippen LogP contribution in [0.1, 0.15) is 73.1 Å². The highest BCUT2D eigenvalue weighted by molar-refractivity contribution is 7.53. The molecule has 26 heavy (non-hydrogen) atoms. The van der Waals surface area contributed by atoms with E-state index in [-0.39, 0.29) is 5.41 Å². The van der Waals surface area contributed by atoms with E-state index in [1.165, 1.54) is 32.1 Å². The van der Waals surface area contributed by atoms with Gasteiger partial charge >= 0.3 is 7.60 Å². The minimum atomic E-state index is -3.07. The van der Waals surface area contributed by atoms with Crippen LogP contribution < -0.4 is 0 Å². The van der Waals surface area contributed by atoms with Crippen molar-refractivity contribution < 1.29 is 18.7 Å². The first kappa shape index (κ1) is 20.8. The number of aliphatic hydroxyl groups excluding tert-OH is 1. The predicted molar refractivity (Wildman–Crippen MR) is 105 cm³/mol. The lowest BCUT2D eigenvalue weighted by atomic mass is 9.62. The zero-order valence-electron chi connectivity index (χ0n) is 17.4. The standard InChI is InChI=1S/C21H39O4P/c1-6-24-26(23,25-7-2)14-11-17(22)19-15-9-10-16-18(15)20(3,4)12-8-13-21(16,19)5/h15-19,22H,6-14H2,1-5H3/t15-,16+,17+,18-,19+,21-/m0/s1. The van der Waals surface area contributed by atoms with Crippen LogP contribution in [-0.4, -0.2) is 30.6 Å². The fourth-order valence-electron chi connectivity index (χ4n) is 7.23. The maximum Gasteiger partial charge on any atom is 0.330 e. The van der Waals surface area contributed by atoms with Gasteiger partial charge in [0.05, 0.1) is 25.5 Å². The third-order valence-corrected chi connectivity index (χ3v) is 10.1. The monoisotopic (exact) mass is 386 g/mol. The molecule has 0 saturated heterocycles. The molecule has 4 nitrogen and oxygen atoms in total. The van der Waals surface area contributed by atoms with Crippen LogP contribution in [0.2, 0.25) is 0 Å². The average molecular weight is 387 g/mol. The number of aliphatic hydroxyl groups is 1. The van der Waals surface area contributed by atoms with E-state index in [4.69, 9.17) is 9.05 Å². The van der Waals surface area contributed by atoms with Gasteiger partial charge in [0.1, 0.15) is 0 Å². The molecule has 5 heteroatoms. The van der Waals surface area contributed by atoms with E-state index in [1.807, 2.05) is 13.8 Å². The summed E-state index contributed by atoms with van der Waals surface area (Å²) in [6.45, 7) is 11.8. The summed E-state index contributed by atoms with van der Waals surface area (Å²) < 4.78 is 23.7. The molecule has 3 saturated carbocycles. The molecule has 1 N–H and O–H groups in total. The van der Waals surface area contributed by atoms with Gasteiger partial charge in [-0.1, -0.05) is 27.2 Å². The Balaban J connectivity index is 1.76. The van der Waals surface area contributed by atoms with Crippen molar-refractivity contribution in [2.24, 2.45) is 34.5 Å². The van der Waals surface area contributed by atoms with Crippen LogP contribution in [0.5, 0.6) is 0 Å². The lowest BCUT2D eigenvalue weighted by Crippen LogP contribution is -2.41. The fourth-order valence-corrected chi connectivity index (χ4v) is 8.93. The summed E-state index contributed by atoms with van der Waals surface area (Å²) in [6.07, 6.45) is 6.84. The van der Waals surface area contributed by atoms with Crippen LogP contribution in [0.25, 0.3) is 0 Å². The molecular weight excluding hydrogens is 347 g/mol. The summed E-state index contributed by atoms with van der Waals surface area (Å²) in [5.74, 6) is 2.44. The smallest absolute Gasteiger partial charge is 0.330 e. The summed E-state index contributed by atoms with van der Waals surface area (Å²) >= 11 is 0. The van der Waals surface area contributed by atoms with Gasteiger partial charge in [0, 0.05) is 0 Å². The predicted octanol–water partition coefficient (Wildman–Crippen LogP) is 5.49. The van der Waals surface area contributed by atoms with Crippen LogP contribution in [0, 0.1) is 34.5 Å². The highest BCUT2D eigenvalue weighted by Gasteiger charge is 2.66. The van der Waals surface area contributed by atoms with Crippen LogP contribution >= 0.6 is 7.60 Å². The van der Waals surface area contributed by atoms with E-state index in [0.29, 0.717) is 43.0 Å². The quantitative estimate of drug-likeness (QED) is 0.560. The van der Waals surface area contributed by atoms with E-state index < -0.39 is 13.7 Å². The van der Waals surface area contributed by atoms with E-state index in [1.54, 1.807) is 0 Å². The Bertz CT molecular complexity index is 538. The van der Waals surface area contributed by atoms with E-state index in [9.17, 15) is 9.67 Å². The normalized spacial score (nSPS) is 39.8. The molecule has 0 spiro atoms. The Labute approximate surface area is 160 Å². The van der Waals surface area contributed by atoms with Crippen molar-refractivity contribution in [3.8, 4) is 0 Å². The van der Waals surface area contributed by atoms with Crippen molar-refractivity contribution in [1.82, 2.24) is 0 Å².